The molecule has 0 aliphatic carbocycles. The Kier molecular flexibility index (Phi) is 4.76. The van der Waals surface area contributed by atoms with Crippen molar-refractivity contribution in [1.29, 1.82) is 5.41 Å². The third-order valence-corrected chi connectivity index (χ3v) is 4.75. The van der Waals surface area contributed by atoms with Crippen molar-refractivity contribution in [2.75, 3.05) is 31.1 Å². The van der Waals surface area contributed by atoms with E-state index >= 15 is 0 Å². The number of nitrogens with zero attached hydrogens (tertiary/aromatic N) is 4. The van der Waals surface area contributed by atoms with E-state index in [0.717, 1.165) is 17.5 Å². The Morgan fingerprint density at radius 3 is 3.07 bits per heavy atom. The molecule has 2 N–H and O–H groups in total. The maximum atomic E-state index is 12.4. The summed E-state index contributed by atoms with van der Waals surface area (Å²) in [4.78, 5) is 27.1. The molecule has 2 aromatic heterocycles. The maximum Gasteiger partial charge on any atom is 0.410 e. The molecule has 0 saturated carbocycles. The SMILES string of the molecule is N=C(/C=C\c1ncc(-c2ccnc(N3CCN4C(=O)OCC4C3)c2)[nH]1)C(F)F. The topological polar surface area (TPSA) is 98.2 Å². The van der Waals surface area contributed by atoms with Gasteiger partial charge in [-0.25, -0.2) is 23.5 Å². The molecule has 2 fully saturated rings. The molecule has 4 heterocycles. The lowest BCUT2D eigenvalue weighted by atomic mass is 10.1. The van der Waals surface area contributed by atoms with Crippen LogP contribution in [0.2, 0.25) is 0 Å². The number of nitrogens with one attached hydrogen (secondary N) is 2. The first-order chi connectivity index (χ1) is 13.5. The molecule has 146 valence electrons. The van der Waals surface area contributed by atoms with Crippen molar-refractivity contribution >= 4 is 23.7 Å². The third-order valence-electron chi connectivity index (χ3n) is 4.75. The van der Waals surface area contributed by atoms with Crippen LogP contribution in [0.25, 0.3) is 17.3 Å². The Bertz CT molecular complexity index is 928. The van der Waals surface area contributed by atoms with Gasteiger partial charge in [0.2, 0.25) is 0 Å². The number of amides is 1. The Morgan fingerprint density at radius 2 is 2.25 bits per heavy atom. The molecule has 0 spiro atoms. The molecular weight excluding hydrogens is 370 g/mol. The number of cyclic esters (lactones) is 1. The highest BCUT2D eigenvalue weighted by molar-refractivity contribution is 5.97. The number of hydrogen-bond donors (Lipinski definition) is 2. The number of pyridine rings is 1. The van der Waals surface area contributed by atoms with E-state index in [1.165, 1.54) is 6.08 Å². The number of allylic oxidation sites excluding steroid dienone is 1. The monoisotopic (exact) mass is 388 g/mol. The first-order valence-electron chi connectivity index (χ1n) is 8.75. The normalized spacial score (nSPS) is 19.4. The molecule has 1 amide bonds. The molecule has 2 saturated heterocycles. The predicted molar refractivity (Wildman–Crippen MR) is 98.6 cm³/mol. The largest absolute Gasteiger partial charge is 0.447 e. The number of anilines is 1. The highest BCUT2D eigenvalue weighted by Crippen LogP contribution is 2.25. The Hall–Kier alpha value is -3.30. The van der Waals surface area contributed by atoms with E-state index in [0.29, 0.717) is 37.8 Å². The van der Waals surface area contributed by atoms with Crippen molar-refractivity contribution in [2.45, 2.75) is 12.5 Å². The van der Waals surface area contributed by atoms with Gasteiger partial charge in [-0.1, -0.05) is 0 Å². The van der Waals surface area contributed by atoms with Crippen molar-refractivity contribution in [3.63, 3.8) is 0 Å². The van der Waals surface area contributed by atoms with Gasteiger partial charge in [0, 0.05) is 31.4 Å². The van der Waals surface area contributed by atoms with Gasteiger partial charge in [0.1, 0.15) is 18.2 Å². The first-order valence-corrected chi connectivity index (χ1v) is 8.75. The minimum absolute atomic E-state index is 0.0285. The van der Waals surface area contributed by atoms with Gasteiger partial charge in [-0.05, 0) is 24.3 Å². The average molecular weight is 388 g/mol. The molecule has 1 unspecified atom stereocenters. The number of carbonyl (C=O) groups excluding carboxylic acids is 1. The summed E-state index contributed by atoms with van der Waals surface area (Å²) in [6, 6.07) is 3.76. The smallest absolute Gasteiger partial charge is 0.410 e. The van der Waals surface area contributed by atoms with Crippen LogP contribution in [0.3, 0.4) is 0 Å². The number of aromatic nitrogens is 3. The number of piperazine rings is 1. The summed E-state index contributed by atoms with van der Waals surface area (Å²) in [6.45, 7) is 2.28. The molecule has 2 aromatic rings. The van der Waals surface area contributed by atoms with Gasteiger partial charge >= 0.3 is 6.09 Å². The Labute approximate surface area is 159 Å². The van der Waals surface area contributed by atoms with Gasteiger partial charge in [-0.2, -0.15) is 0 Å². The summed E-state index contributed by atoms with van der Waals surface area (Å²) in [6.07, 6.45) is 2.59. The number of alkyl halides is 2. The van der Waals surface area contributed by atoms with E-state index in [9.17, 15) is 13.6 Å². The quantitative estimate of drug-likeness (QED) is 0.767. The minimum Gasteiger partial charge on any atom is -0.447 e. The second-order valence-corrected chi connectivity index (χ2v) is 6.54. The molecule has 8 nitrogen and oxygen atoms in total. The molecule has 10 heteroatoms. The van der Waals surface area contributed by atoms with E-state index < -0.39 is 12.1 Å². The Balaban J connectivity index is 1.49. The fourth-order valence-electron chi connectivity index (χ4n) is 3.27. The zero-order valence-corrected chi connectivity index (χ0v) is 14.8. The molecule has 28 heavy (non-hydrogen) atoms. The fraction of sp³-hybridized carbons (Fsp3) is 0.333. The van der Waals surface area contributed by atoms with Gasteiger partial charge in [0.05, 0.1) is 23.6 Å². The van der Waals surface area contributed by atoms with Crippen molar-refractivity contribution in [1.82, 2.24) is 19.9 Å². The number of hydrogen-bond acceptors (Lipinski definition) is 6. The van der Waals surface area contributed by atoms with Crippen LogP contribution in [-0.2, 0) is 4.74 Å². The van der Waals surface area contributed by atoms with Crippen LogP contribution in [0.5, 0.6) is 0 Å². The molecule has 2 aliphatic rings. The number of fused-ring (bicyclic) bond motifs is 1. The number of H-pyrrole nitrogens is 1. The fourth-order valence-corrected chi connectivity index (χ4v) is 3.27. The third kappa shape index (κ3) is 3.57. The van der Waals surface area contributed by atoms with E-state index in [4.69, 9.17) is 10.1 Å². The van der Waals surface area contributed by atoms with Crippen molar-refractivity contribution < 1.29 is 18.3 Å². The van der Waals surface area contributed by atoms with Crippen molar-refractivity contribution in [3.8, 4) is 11.3 Å². The van der Waals surface area contributed by atoms with Crippen molar-refractivity contribution in [3.05, 3.63) is 36.4 Å². The standard InChI is InChI=1S/C18H18F2N6O2/c19-17(20)13(21)1-2-15-23-8-14(24-15)11-3-4-22-16(7-11)25-5-6-26-12(9-25)10-28-18(26)27/h1-4,7-8,12,17,21H,5-6,9-10H2,(H,23,24)/b2-1-,21-13?. The zero-order chi connectivity index (χ0) is 19.7. The minimum atomic E-state index is -2.81. The molecule has 0 aromatic carbocycles. The highest BCUT2D eigenvalue weighted by Gasteiger charge is 2.37. The number of rotatable bonds is 5. The van der Waals surface area contributed by atoms with Crippen molar-refractivity contribution in [2.24, 2.45) is 0 Å². The molecular formula is C18H18F2N6O2. The van der Waals surface area contributed by atoms with Gasteiger partial charge in [-0.15, -0.1) is 0 Å². The van der Waals surface area contributed by atoms with Gasteiger partial charge in [0.15, 0.2) is 0 Å². The second kappa shape index (κ2) is 7.37. The molecule has 4 rings (SSSR count). The van der Waals surface area contributed by atoms with Gasteiger partial charge in [0.25, 0.3) is 6.43 Å². The van der Waals surface area contributed by atoms with Gasteiger partial charge in [-0.3, -0.25) is 10.3 Å². The van der Waals surface area contributed by atoms with Crippen LogP contribution < -0.4 is 4.90 Å². The summed E-state index contributed by atoms with van der Waals surface area (Å²) >= 11 is 0. The van der Waals surface area contributed by atoms with E-state index in [2.05, 4.69) is 19.9 Å². The van der Waals surface area contributed by atoms with Crippen LogP contribution in [0.4, 0.5) is 19.4 Å². The summed E-state index contributed by atoms with van der Waals surface area (Å²) in [5, 5.41) is 7.14. The number of aromatic amines is 1. The molecule has 2 aliphatic heterocycles. The highest BCUT2D eigenvalue weighted by atomic mass is 19.3. The zero-order valence-electron chi connectivity index (χ0n) is 14.8. The lowest BCUT2D eigenvalue weighted by Gasteiger charge is -2.36. The number of imidazole rings is 1. The second-order valence-electron chi connectivity index (χ2n) is 6.54. The molecule has 0 bridgehead atoms. The number of ether oxygens (including phenoxy) is 1. The lowest BCUT2D eigenvalue weighted by Crippen LogP contribution is -2.52. The van der Waals surface area contributed by atoms with E-state index in [1.54, 1.807) is 17.3 Å². The summed E-state index contributed by atoms with van der Waals surface area (Å²) in [7, 11) is 0. The lowest BCUT2D eigenvalue weighted by molar-refractivity contribution is 0.157. The van der Waals surface area contributed by atoms with Crippen LogP contribution >= 0.6 is 0 Å². The summed E-state index contributed by atoms with van der Waals surface area (Å²) in [5.74, 6) is 1.16. The van der Waals surface area contributed by atoms with E-state index in [-0.39, 0.29) is 12.1 Å². The number of halogens is 2. The maximum absolute atomic E-state index is 12.4. The molecule has 1 atom stereocenters. The molecule has 0 radical (unpaired) electrons. The summed E-state index contributed by atoms with van der Waals surface area (Å²) in [5.41, 5.74) is 0.796. The van der Waals surface area contributed by atoms with Crippen LogP contribution in [-0.4, -0.2) is 70.4 Å². The summed E-state index contributed by atoms with van der Waals surface area (Å²) < 4.78 is 29.8. The Morgan fingerprint density at radius 1 is 1.39 bits per heavy atom. The van der Waals surface area contributed by atoms with Crippen LogP contribution in [0.15, 0.2) is 30.6 Å². The van der Waals surface area contributed by atoms with Gasteiger partial charge < -0.3 is 14.6 Å². The average Bonchev–Trinajstić information content (AvgIpc) is 3.33. The van der Waals surface area contributed by atoms with Crippen LogP contribution in [0.1, 0.15) is 5.82 Å². The van der Waals surface area contributed by atoms with Crippen LogP contribution in [0, 0.1) is 5.41 Å². The predicted octanol–water partition coefficient (Wildman–Crippen LogP) is 2.41. The van der Waals surface area contributed by atoms with E-state index in [1.807, 2.05) is 12.1 Å². The first kappa shape index (κ1) is 18.1. The number of carbonyl (C=O) groups is 1.